The molecule has 2 N–H and O–H groups in total. The van der Waals surface area contributed by atoms with Crippen molar-refractivity contribution in [3.63, 3.8) is 0 Å². The molecule has 0 atom stereocenters. The predicted octanol–water partition coefficient (Wildman–Crippen LogP) is 5.39. The lowest BCUT2D eigenvalue weighted by atomic mass is 10.1. The van der Waals surface area contributed by atoms with Crippen molar-refractivity contribution in [2.75, 3.05) is 41.7 Å². The van der Waals surface area contributed by atoms with E-state index in [-0.39, 0.29) is 11.8 Å². The van der Waals surface area contributed by atoms with Crippen molar-refractivity contribution >= 4 is 35.3 Å². The lowest BCUT2D eigenvalue weighted by Gasteiger charge is -2.36. The third kappa shape index (κ3) is 8.19. The number of amides is 3. The fourth-order valence-corrected chi connectivity index (χ4v) is 4.00. The number of anilines is 3. The molecular formula is C29H36N6O6. The van der Waals surface area contributed by atoms with Crippen molar-refractivity contribution in [1.29, 1.82) is 0 Å². The Morgan fingerprint density at radius 3 is 2.15 bits per heavy atom. The van der Waals surface area contributed by atoms with Gasteiger partial charge in [-0.05, 0) is 71.9 Å². The van der Waals surface area contributed by atoms with Gasteiger partial charge in [-0.1, -0.05) is 0 Å². The molecule has 41 heavy (non-hydrogen) atoms. The number of hydrogen-bond donors (Lipinski definition) is 2. The van der Waals surface area contributed by atoms with Crippen LogP contribution in [0.5, 0.6) is 0 Å². The Bertz CT molecular complexity index is 1370. The van der Waals surface area contributed by atoms with Gasteiger partial charge in [0.05, 0.1) is 30.0 Å². The molecule has 0 spiro atoms. The first-order valence-electron chi connectivity index (χ1n) is 13.3. The van der Waals surface area contributed by atoms with E-state index in [0.29, 0.717) is 54.7 Å². The van der Waals surface area contributed by atoms with Crippen molar-refractivity contribution in [1.82, 2.24) is 14.9 Å². The average Bonchev–Trinajstić information content (AvgIpc) is 3.43. The van der Waals surface area contributed by atoms with Gasteiger partial charge in [0.15, 0.2) is 0 Å². The van der Waals surface area contributed by atoms with Crippen LogP contribution < -0.4 is 15.5 Å². The molecule has 1 fully saturated rings. The first-order valence-corrected chi connectivity index (χ1v) is 13.3. The number of ether oxygens (including phenoxy) is 2. The second kappa shape index (κ2) is 11.9. The van der Waals surface area contributed by atoms with Crippen LogP contribution in [-0.2, 0) is 9.47 Å². The molecule has 0 bridgehead atoms. The minimum absolute atomic E-state index is 0.0905. The first kappa shape index (κ1) is 29.4. The number of nitrogens with one attached hydrogen (secondary N) is 2. The first-order chi connectivity index (χ1) is 19.3. The van der Waals surface area contributed by atoms with Crippen LogP contribution in [0.2, 0.25) is 0 Å². The highest BCUT2D eigenvalue weighted by atomic mass is 16.6. The van der Waals surface area contributed by atoms with Gasteiger partial charge in [0.1, 0.15) is 28.5 Å². The molecule has 3 amide bonds. The Morgan fingerprint density at radius 2 is 1.56 bits per heavy atom. The van der Waals surface area contributed by atoms with Gasteiger partial charge in [0.25, 0.3) is 5.91 Å². The maximum absolute atomic E-state index is 13.1. The SMILES string of the molecule is CC(C)(C)OC(=O)Nc1ccc(-c2ccco2)cc1NC(=O)c1cnc(N2CCN(C(=O)OC(C)(C)C)CC2)cn1. The fourth-order valence-electron chi connectivity index (χ4n) is 4.00. The number of carbonyl (C=O) groups is 3. The zero-order valence-corrected chi connectivity index (χ0v) is 24.2. The second-order valence-electron chi connectivity index (χ2n) is 11.5. The zero-order valence-electron chi connectivity index (χ0n) is 24.2. The van der Waals surface area contributed by atoms with Gasteiger partial charge >= 0.3 is 12.2 Å². The Kier molecular flexibility index (Phi) is 8.50. The van der Waals surface area contributed by atoms with Crippen LogP contribution in [0.1, 0.15) is 52.0 Å². The Hall–Kier alpha value is -4.61. The smallest absolute Gasteiger partial charge is 0.412 e. The molecule has 12 nitrogen and oxygen atoms in total. The number of hydrogen-bond acceptors (Lipinski definition) is 9. The molecule has 3 heterocycles. The van der Waals surface area contributed by atoms with Crippen LogP contribution in [0, 0.1) is 0 Å². The van der Waals surface area contributed by atoms with Crippen molar-refractivity contribution in [3.8, 4) is 11.3 Å². The topological polar surface area (TPSA) is 139 Å². The summed E-state index contributed by atoms with van der Waals surface area (Å²) in [5.41, 5.74) is 0.221. The minimum atomic E-state index is -0.693. The fraction of sp³-hybridized carbons (Fsp3) is 0.414. The van der Waals surface area contributed by atoms with Gasteiger partial charge in [0.2, 0.25) is 0 Å². The minimum Gasteiger partial charge on any atom is -0.464 e. The summed E-state index contributed by atoms with van der Waals surface area (Å²) in [5.74, 6) is 0.681. The summed E-state index contributed by atoms with van der Waals surface area (Å²) < 4.78 is 16.3. The monoisotopic (exact) mass is 564 g/mol. The number of benzene rings is 1. The molecule has 0 saturated carbocycles. The van der Waals surface area contributed by atoms with E-state index in [2.05, 4.69) is 20.6 Å². The van der Waals surface area contributed by atoms with Crippen LogP contribution in [0.15, 0.2) is 53.4 Å². The third-order valence-electron chi connectivity index (χ3n) is 5.84. The van der Waals surface area contributed by atoms with Crippen LogP contribution in [0.3, 0.4) is 0 Å². The van der Waals surface area contributed by atoms with Crippen molar-refractivity contribution in [3.05, 3.63) is 54.7 Å². The van der Waals surface area contributed by atoms with Gasteiger partial charge in [-0.25, -0.2) is 19.6 Å². The molecule has 1 aliphatic heterocycles. The van der Waals surface area contributed by atoms with Gasteiger partial charge in [-0.2, -0.15) is 0 Å². The van der Waals surface area contributed by atoms with E-state index in [1.165, 1.54) is 12.4 Å². The molecule has 0 radical (unpaired) electrons. The molecule has 1 aromatic carbocycles. The van der Waals surface area contributed by atoms with E-state index in [0.717, 1.165) is 0 Å². The largest absolute Gasteiger partial charge is 0.464 e. The van der Waals surface area contributed by atoms with Crippen LogP contribution in [0.25, 0.3) is 11.3 Å². The second-order valence-corrected chi connectivity index (χ2v) is 11.5. The molecule has 4 rings (SSSR count). The number of carbonyl (C=O) groups excluding carboxylic acids is 3. The number of furan rings is 1. The Morgan fingerprint density at radius 1 is 0.854 bits per heavy atom. The van der Waals surface area contributed by atoms with Gasteiger partial charge in [0, 0.05) is 31.7 Å². The van der Waals surface area contributed by atoms with E-state index in [1.54, 1.807) is 62.3 Å². The molecular weight excluding hydrogens is 528 g/mol. The van der Waals surface area contributed by atoms with Crippen molar-refractivity contribution in [2.45, 2.75) is 52.7 Å². The van der Waals surface area contributed by atoms with E-state index in [4.69, 9.17) is 13.9 Å². The lowest BCUT2D eigenvalue weighted by Crippen LogP contribution is -2.50. The quantitative estimate of drug-likeness (QED) is 0.417. The molecule has 12 heteroatoms. The molecule has 218 valence electrons. The predicted molar refractivity (Wildman–Crippen MR) is 154 cm³/mol. The molecule has 1 saturated heterocycles. The molecule has 0 aliphatic carbocycles. The maximum atomic E-state index is 13.1. The highest BCUT2D eigenvalue weighted by Crippen LogP contribution is 2.30. The maximum Gasteiger partial charge on any atom is 0.412 e. The third-order valence-corrected chi connectivity index (χ3v) is 5.84. The number of rotatable bonds is 5. The highest BCUT2D eigenvalue weighted by Gasteiger charge is 2.27. The zero-order chi connectivity index (χ0) is 29.8. The lowest BCUT2D eigenvalue weighted by molar-refractivity contribution is 0.0240. The van der Waals surface area contributed by atoms with E-state index in [1.807, 2.05) is 25.7 Å². The summed E-state index contributed by atoms with van der Waals surface area (Å²) in [5, 5.41) is 5.49. The summed E-state index contributed by atoms with van der Waals surface area (Å²) in [4.78, 5) is 50.3. The van der Waals surface area contributed by atoms with E-state index in [9.17, 15) is 14.4 Å². The standard InChI is InChI=1S/C29H36N6O6/c1-28(2,3)40-26(37)33-20-10-9-19(23-8-7-15-39-23)16-21(20)32-25(36)22-17-31-24(18-30-22)34-11-13-35(14-12-34)27(38)41-29(4,5)6/h7-10,15-18H,11-14H2,1-6H3,(H,32,36)(H,33,37). The van der Waals surface area contributed by atoms with Crippen molar-refractivity contribution < 1.29 is 28.3 Å². The summed E-state index contributed by atoms with van der Waals surface area (Å²) >= 11 is 0. The van der Waals surface area contributed by atoms with Crippen molar-refractivity contribution in [2.24, 2.45) is 0 Å². The van der Waals surface area contributed by atoms with E-state index >= 15 is 0 Å². The van der Waals surface area contributed by atoms with Crippen LogP contribution in [0.4, 0.5) is 26.8 Å². The summed E-state index contributed by atoms with van der Waals surface area (Å²) in [7, 11) is 0. The summed E-state index contributed by atoms with van der Waals surface area (Å²) in [6.45, 7) is 12.9. The summed E-state index contributed by atoms with van der Waals surface area (Å²) in [6, 6.07) is 8.66. The summed E-state index contributed by atoms with van der Waals surface area (Å²) in [6.07, 6.45) is 3.47. The molecule has 0 unspecified atom stereocenters. The Balaban J connectivity index is 1.44. The number of aromatic nitrogens is 2. The van der Waals surface area contributed by atoms with Gasteiger partial charge in [-0.15, -0.1) is 0 Å². The number of piperazine rings is 1. The molecule has 1 aliphatic rings. The highest BCUT2D eigenvalue weighted by molar-refractivity contribution is 6.06. The van der Waals surface area contributed by atoms with Crippen LogP contribution in [-0.4, -0.2) is 70.3 Å². The molecule has 3 aromatic rings. The van der Waals surface area contributed by atoms with Gasteiger partial charge < -0.3 is 29.0 Å². The number of nitrogens with zero attached hydrogens (tertiary/aromatic N) is 4. The average molecular weight is 565 g/mol. The van der Waals surface area contributed by atoms with Crippen LogP contribution >= 0.6 is 0 Å². The Labute approximate surface area is 239 Å². The molecule has 2 aromatic heterocycles. The normalized spacial score (nSPS) is 13.9. The van der Waals surface area contributed by atoms with Gasteiger partial charge in [-0.3, -0.25) is 10.1 Å². The van der Waals surface area contributed by atoms with E-state index < -0.39 is 23.2 Å².